The highest BCUT2D eigenvalue weighted by Crippen LogP contribution is 2.23. The maximum absolute atomic E-state index is 12.6. The van der Waals surface area contributed by atoms with Crippen LogP contribution in [0.2, 0.25) is 0 Å². The lowest BCUT2D eigenvalue weighted by Crippen LogP contribution is -2.50. The highest BCUT2D eigenvalue weighted by atomic mass is 16.5. The number of aryl methyl sites for hydroxylation is 2. The maximum Gasteiger partial charge on any atom is 0.321 e. The van der Waals surface area contributed by atoms with Gasteiger partial charge < -0.3 is 19.6 Å². The van der Waals surface area contributed by atoms with Gasteiger partial charge in [-0.05, 0) is 42.8 Å². The summed E-state index contributed by atoms with van der Waals surface area (Å²) in [4.78, 5) is 21.1. The molecular formula is C22H25N5O2. The number of nitrogens with one attached hydrogen (secondary N) is 1. The van der Waals surface area contributed by atoms with Crippen LogP contribution in [0, 0.1) is 6.92 Å². The fraction of sp³-hybridized carbons (Fsp3) is 0.318. The van der Waals surface area contributed by atoms with Crippen LogP contribution in [0.4, 0.5) is 16.2 Å². The zero-order valence-electron chi connectivity index (χ0n) is 16.8. The van der Waals surface area contributed by atoms with Crippen LogP contribution in [-0.4, -0.2) is 47.3 Å². The first kappa shape index (κ1) is 19.0. The van der Waals surface area contributed by atoms with E-state index in [1.165, 1.54) is 0 Å². The third kappa shape index (κ3) is 4.23. The molecule has 2 aromatic carbocycles. The number of hydrogen-bond acceptors (Lipinski definition) is 5. The predicted octanol–water partition coefficient (Wildman–Crippen LogP) is 3.96. The molecule has 1 aliphatic rings. The van der Waals surface area contributed by atoms with Gasteiger partial charge in [-0.15, -0.1) is 0 Å². The van der Waals surface area contributed by atoms with Crippen molar-refractivity contribution in [2.45, 2.75) is 20.3 Å². The largest absolute Gasteiger partial charge is 0.368 e. The van der Waals surface area contributed by atoms with Crippen LogP contribution in [0.5, 0.6) is 0 Å². The Hall–Kier alpha value is -3.35. The number of piperazine rings is 1. The van der Waals surface area contributed by atoms with Gasteiger partial charge in [-0.2, -0.15) is 4.98 Å². The van der Waals surface area contributed by atoms with E-state index in [0.29, 0.717) is 24.8 Å². The average Bonchev–Trinajstić information content (AvgIpc) is 3.25. The Kier molecular flexibility index (Phi) is 5.46. The van der Waals surface area contributed by atoms with E-state index in [9.17, 15) is 4.79 Å². The number of carbonyl (C=O) groups excluding carboxylic acids is 1. The second-order valence-corrected chi connectivity index (χ2v) is 7.13. The van der Waals surface area contributed by atoms with Crippen molar-refractivity contribution < 1.29 is 9.32 Å². The summed E-state index contributed by atoms with van der Waals surface area (Å²) >= 11 is 0. The lowest BCUT2D eigenvalue weighted by Gasteiger charge is -2.36. The lowest BCUT2D eigenvalue weighted by atomic mass is 10.1. The molecule has 0 atom stereocenters. The van der Waals surface area contributed by atoms with E-state index in [2.05, 4.69) is 32.5 Å². The molecule has 2 heterocycles. The van der Waals surface area contributed by atoms with Gasteiger partial charge >= 0.3 is 6.03 Å². The maximum atomic E-state index is 12.6. The van der Waals surface area contributed by atoms with Crippen molar-refractivity contribution in [3.05, 3.63) is 60.0 Å². The van der Waals surface area contributed by atoms with Crippen LogP contribution in [0.1, 0.15) is 18.4 Å². The normalized spacial score (nSPS) is 14.1. The molecule has 0 spiro atoms. The van der Waals surface area contributed by atoms with Crippen molar-refractivity contribution in [2.75, 3.05) is 36.4 Å². The summed E-state index contributed by atoms with van der Waals surface area (Å²) in [7, 11) is 0. The van der Waals surface area contributed by atoms with Crippen LogP contribution in [-0.2, 0) is 6.42 Å². The molecule has 7 nitrogen and oxygen atoms in total. The van der Waals surface area contributed by atoms with Crippen LogP contribution < -0.4 is 10.2 Å². The molecule has 1 aliphatic heterocycles. The van der Waals surface area contributed by atoms with E-state index in [1.807, 2.05) is 55.1 Å². The molecule has 1 aromatic heterocycles. The molecule has 29 heavy (non-hydrogen) atoms. The van der Waals surface area contributed by atoms with Crippen LogP contribution in [0.3, 0.4) is 0 Å². The van der Waals surface area contributed by atoms with E-state index in [4.69, 9.17) is 4.52 Å². The molecule has 0 unspecified atom stereocenters. The molecule has 2 amide bonds. The Morgan fingerprint density at radius 2 is 1.79 bits per heavy atom. The number of rotatable bonds is 4. The first-order valence-electron chi connectivity index (χ1n) is 9.93. The number of amides is 2. The van der Waals surface area contributed by atoms with Gasteiger partial charge in [-0.25, -0.2) is 4.79 Å². The molecule has 7 heteroatoms. The number of urea groups is 1. The molecule has 3 aromatic rings. The first-order chi connectivity index (χ1) is 14.1. The molecule has 150 valence electrons. The smallest absolute Gasteiger partial charge is 0.321 e. The van der Waals surface area contributed by atoms with Crippen LogP contribution in [0.15, 0.2) is 53.1 Å². The van der Waals surface area contributed by atoms with Gasteiger partial charge in [-0.1, -0.05) is 30.3 Å². The standard InChI is InChI=1S/C22H25N5O2/c1-3-20-24-21(25-29-20)17-8-10-18(11-9-17)26-12-14-27(15-13-26)22(28)23-19-7-5-4-6-16(19)2/h4-11H,3,12-15H2,1-2H3,(H,23,28). The fourth-order valence-corrected chi connectivity index (χ4v) is 3.41. The number of carbonyl (C=O) groups is 1. The Balaban J connectivity index is 1.34. The molecule has 1 saturated heterocycles. The van der Waals surface area contributed by atoms with E-state index >= 15 is 0 Å². The van der Waals surface area contributed by atoms with E-state index in [1.54, 1.807) is 0 Å². The number of anilines is 2. The van der Waals surface area contributed by atoms with Crippen molar-refractivity contribution in [1.29, 1.82) is 0 Å². The summed E-state index contributed by atoms with van der Waals surface area (Å²) in [5.74, 6) is 1.26. The summed E-state index contributed by atoms with van der Waals surface area (Å²) in [5.41, 5.74) is 4.00. The summed E-state index contributed by atoms with van der Waals surface area (Å²) < 4.78 is 5.18. The second-order valence-electron chi connectivity index (χ2n) is 7.13. The fourth-order valence-electron chi connectivity index (χ4n) is 3.41. The van der Waals surface area contributed by atoms with Crippen LogP contribution in [0.25, 0.3) is 11.4 Å². The van der Waals surface area contributed by atoms with Gasteiger partial charge in [0.25, 0.3) is 0 Å². The Morgan fingerprint density at radius 1 is 1.07 bits per heavy atom. The molecular weight excluding hydrogens is 366 g/mol. The molecule has 0 radical (unpaired) electrons. The molecule has 1 fully saturated rings. The topological polar surface area (TPSA) is 74.5 Å². The average molecular weight is 391 g/mol. The summed E-state index contributed by atoms with van der Waals surface area (Å²) in [6.45, 7) is 6.94. The Labute approximate surface area is 170 Å². The van der Waals surface area contributed by atoms with Crippen molar-refractivity contribution in [3.8, 4) is 11.4 Å². The van der Waals surface area contributed by atoms with Crippen molar-refractivity contribution in [3.63, 3.8) is 0 Å². The van der Waals surface area contributed by atoms with Gasteiger partial charge in [0.15, 0.2) is 0 Å². The third-order valence-corrected chi connectivity index (χ3v) is 5.21. The van der Waals surface area contributed by atoms with E-state index in [-0.39, 0.29) is 6.03 Å². The van der Waals surface area contributed by atoms with Gasteiger partial charge in [-0.3, -0.25) is 0 Å². The zero-order chi connectivity index (χ0) is 20.2. The zero-order valence-corrected chi connectivity index (χ0v) is 16.8. The number of aromatic nitrogens is 2. The minimum Gasteiger partial charge on any atom is -0.368 e. The number of hydrogen-bond donors (Lipinski definition) is 1. The lowest BCUT2D eigenvalue weighted by molar-refractivity contribution is 0.208. The van der Waals surface area contributed by atoms with Gasteiger partial charge in [0.1, 0.15) is 0 Å². The monoisotopic (exact) mass is 391 g/mol. The molecule has 0 saturated carbocycles. The van der Waals surface area contributed by atoms with Crippen LogP contribution >= 0.6 is 0 Å². The minimum absolute atomic E-state index is 0.0434. The Morgan fingerprint density at radius 3 is 2.45 bits per heavy atom. The number of benzene rings is 2. The summed E-state index contributed by atoms with van der Waals surface area (Å²) in [5, 5.41) is 7.03. The SMILES string of the molecule is CCc1nc(-c2ccc(N3CCN(C(=O)Nc4ccccc4C)CC3)cc2)no1. The van der Waals surface area contributed by atoms with Gasteiger partial charge in [0.05, 0.1) is 0 Å². The summed E-state index contributed by atoms with van der Waals surface area (Å²) in [6.07, 6.45) is 0.729. The second kappa shape index (κ2) is 8.34. The summed E-state index contributed by atoms with van der Waals surface area (Å²) in [6, 6.07) is 15.9. The van der Waals surface area contributed by atoms with E-state index < -0.39 is 0 Å². The predicted molar refractivity (Wildman–Crippen MR) is 113 cm³/mol. The highest BCUT2D eigenvalue weighted by Gasteiger charge is 2.22. The van der Waals surface area contributed by atoms with Crippen molar-refractivity contribution in [1.82, 2.24) is 15.0 Å². The Bertz CT molecular complexity index is 975. The minimum atomic E-state index is -0.0434. The van der Waals surface area contributed by atoms with E-state index in [0.717, 1.165) is 42.0 Å². The molecule has 4 rings (SSSR count). The van der Waals surface area contributed by atoms with Gasteiger partial charge in [0.2, 0.25) is 11.7 Å². The number of para-hydroxylation sites is 1. The molecule has 0 aliphatic carbocycles. The highest BCUT2D eigenvalue weighted by molar-refractivity contribution is 5.90. The molecule has 1 N–H and O–H groups in total. The van der Waals surface area contributed by atoms with Crippen molar-refractivity contribution in [2.24, 2.45) is 0 Å². The molecule has 0 bridgehead atoms. The van der Waals surface area contributed by atoms with Gasteiger partial charge in [0, 0.05) is 49.5 Å². The van der Waals surface area contributed by atoms with Crippen molar-refractivity contribution >= 4 is 17.4 Å². The quantitative estimate of drug-likeness (QED) is 0.729. The first-order valence-corrected chi connectivity index (χ1v) is 9.93. The number of nitrogens with zero attached hydrogens (tertiary/aromatic N) is 4. The third-order valence-electron chi connectivity index (χ3n) is 5.21.